The molecule has 0 unspecified atom stereocenters. The first-order valence-electron chi connectivity index (χ1n) is 11.4. The van der Waals surface area contributed by atoms with Crippen molar-refractivity contribution in [2.24, 2.45) is 0 Å². The Hall–Kier alpha value is -3.39. The summed E-state index contributed by atoms with van der Waals surface area (Å²) in [5, 5.41) is 12.8. The molecule has 8 heteroatoms. The van der Waals surface area contributed by atoms with Gasteiger partial charge in [0.25, 0.3) is 5.56 Å². The molecule has 1 atom stereocenters. The number of carbonyl (C=O) groups excluding carboxylic acids is 1. The topological polar surface area (TPSA) is 81.8 Å². The van der Waals surface area contributed by atoms with Crippen molar-refractivity contribution >= 4 is 28.6 Å². The molecule has 0 spiro atoms. The highest BCUT2D eigenvalue weighted by atomic mass is 32.2. The minimum absolute atomic E-state index is 0.212. The van der Waals surface area contributed by atoms with Gasteiger partial charge in [-0.1, -0.05) is 37.3 Å². The number of nitrogens with zero attached hydrogens (tertiary/aromatic N) is 4. The number of hydrogen-bond acceptors (Lipinski definition) is 5. The lowest BCUT2D eigenvalue weighted by Gasteiger charge is -2.17. The van der Waals surface area contributed by atoms with Gasteiger partial charge in [0, 0.05) is 11.4 Å². The molecule has 1 amide bonds. The van der Waals surface area contributed by atoms with Gasteiger partial charge in [-0.15, -0.1) is 11.8 Å². The molecule has 2 heterocycles. The maximum Gasteiger partial charge on any atom is 0.295 e. The third-order valence-electron chi connectivity index (χ3n) is 6.00. The first-order chi connectivity index (χ1) is 16.4. The largest absolute Gasteiger partial charge is 0.354 e. The Labute approximate surface area is 203 Å². The second-order valence-corrected chi connectivity index (χ2v) is 9.08. The summed E-state index contributed by atoms with van der Waals surface area (Å²) in [7, 11) is 0. The molecular formula is C26H29N5O2S. The molecule has 2 aromatic carbocycles. The van der Waals surface area contributed by atoms with Gasteiger partial charge >= 0.3 is 0 Å². The minimum atomic E-state index is -0.698. The van der Waals surface area contributed by atoms with Crippen LogP contribution in [-0.4, -0.2) is 38.3 Å². The van der Waals surface area contributed by atoms with Crippen LogP contribution in [0.25, 0.3) is 16.6 Å². The van der Waals surface area contributed by atoms with E-state index in [1.807, 2.05) is 57.4 Å². The fourth-order valence-electron chi connectivity index (χ4n) is 4.19. The number of aromatic nitrogens is 4. The van der Waals surface area contributed by atoms with Crippen molar-refractivity contribution in [2.75, 3.05) is 12.8 Å². The number of fused-ring (bicyclic) bond motifs is 1. The summed E-state index contributed by atoms with van der Waals surface area (Å²) in [6.45, 7) is 6.15. The molecule has 0 fully saturated rings. The SMILES string of the molecule is CC[C@H](C(=O)NCCc1ccc(SC)cc1)n1nc(C)c2c(C)n(-c3ccccc3)nc2c1=O. The first kappa shape index (κ1) is 23.8. The summed E-state index contributed by atoms with van der Waals surface area (Å²) in [5.74, 6) is -0.212. The number of rotatable bonds is 8. The zero-order chi connectivity index (χ0) is 24.2. The average molecular weight is 476 g/mol. The maximum atomic E-state index is 13.4. The normalized spacial score (nSPS) is 12.1. The van der Waals surface area contributed by atoms with Crippen LogP contribution in [0.2, 0.25) is 0 Å². The number of carbonyl (C=O) groups is 1. The molecule has 34 heavy (non-hydrogen) atoms. The number of aryl methyl sites for hydroxylation is 2. The quantitative estimate of drug-likeness (QED) is 0.386. The van der Waals surface area contributed by atoms with Gasteiger partial charge in [0.2, 0.25) is 5.91 Å². The van der Waals surface area contributed by atoms with E-state index in [0.717, 1.165) is 28.8 Å². The van der Waals surface area contributed by atoms with Gasteiger partial charge in [-0.3, -0.25) is 9.59 Å². The van der Waals surface area contributed by atoms with Crippen LogP contribution >= 0.6 is 11.8 Å². The van der Waals surface area contributed by atoms with Crippen molar-refractivity contribution in [1.29, 1.82) is 0 Å². The number of hydrogen-bond donors (Lipinski definition) is 1. The Morgan fingerprint density at radius 2 is 1.76 bits per heavy atom. The molecule has 0 aliphatic rings. The van der Waals surface area contributed by atoms with Crippen LogP contribution in [0.1, 0.15) is 36.3 Å². The van der Waals surface area contributed by atoms with E-state index >= 15 is 0 Å². The highest BCUT2D eigenvalue weighted by Crippen LogP contribution is 2.22. The van der Waals surface area contributed by atoms with Gasteiger partial charge in [0.1, 0.15) is 6.04 Å². The van der Waals surface area contributed by atoms with E-state index in [4.69, 9.17) is 0 Å². The van der Waals surface area contributed by atoms with Crippen LogP contribution in [0.5, 0.6) is 0 Å². The number of benzene rings is 2. The van der Waals surface area contributed by atoms with Crippen molar-refractivity contribution in [3.63, 3.8) is 0 Å². The molecule has 4 rings (SSSR count). The molecule has 2 aromatic heterocycles. The lowest BCUT2D eigenvalue weighted by atomic mass is 10.1. The fourth-order valence-corrected chi connectivity index (χ4v) is 4.60. The number of thioether (sulfide) groups is 1. The molecule has 0 bridgehead atoms. The number of amides is 1. The minimum Gasteiger partial charge on any atom is -0.354 e. The summed E-state index contributed by atoms with van der Waals surface area (Å²) in [6, 6.07) is 17.3. The Balaban J connectivity index is 1.58. The van der Waals surface area contributed by atoms with Crippen LogP contribution < -0.4 is 10.9 Å². The molecule has 176 valence electrons. The predicted octanol–water partition coefficient (Wildman–Crippen LogP) is 4.23. The molecular weight excluding hydrogens is 446 g/mol. The first-order valence-corrected chi connectivity index (χ1v) is 12.6. The fraction of sp³-hybridized carbons (Fsp3) is 0.308. The van der Waals surface area contributed by atoms with E-state index in [2.05, 4.69) is 39.8 Å². The van der Waals surface area contributed by atoms with Crippen molar-refractivity contribution in [1.82, 2.24) is 24.9 Å². The highest BCUT2D eigenvalue weighted by molar-refractivity contribution is 7.98. The summed E-state index contributed by atoms with van der Waals surface area (Å²) >= 11 is 1.70. The van der Waals surface area contributed by atoms with Crippen molar-refractivity contribution in [3.8, 4) is 5.69 Å². The number of nitrogens with one attached hydrogen (secondary N) is 1. The summed E-state index contributed by atoms with van der Waals surface area (Å²) < 4.78 is 3.05. The van der Waals surface area contributed by atoms with E-state index in [1.165, 1.54) is 9.58 Å². The molecule has 0 aliphatic carbocycles. The molecule has 0 aliphatic heterocycles. The van der Waals surface area contributed by atoms with Gasteiger partial charge in [-0.25, -0.2) is 9.36 Å². The average Bonchev–Trinajstić information content (AvgIpc) is 3.21. The van der Waals surface area contributed by atoms with Crippen LogP contribution in [0, 0.1) is 13.8 Å². The van der Waals surface area contributed by atoms with Gasteiger partial charge in [0.15, 0.2) is 5.52 Å². The Morgan fingerprint density at radius 3 is 2.41 bits per heavy atom. The lowest BCUT2D eigenvalue weighted by molar-refractivity contribution is -0.124. The van der Waals surface area contributed by atoms with Gasteiger partial charge < -0.3 is 5.32 Å². The van der Waals surface area contributed by atoms with Crippen LogP contribution in [-0.2, 0) is 11.2 Å². The third-order valence-corrected chi connectivity index (χ3v) is 6.75. The Bertz CT molecular complexity index is 1360. The smallest absolute Gasteiger partial charge is 0.295 e. The van der Waals surface area contributed by atoms with E-state index in [9.17, 15) is 9.59 Å². The molecule has 0 saturated carbocycles. The lowest BCUT2D eigenvalue weighted by Crippen LogP contribution is -2.39. The van der Waals surface area contributed by atoms with Crippen molar-refractivity contribution in [3.05, 3.63) is 81.9 Å². The number of para-hydroxylation sites is 1. The van der Waals surface area contributed by atoms with Crippen LogP contribution in [0.4, 0.5) is 0 Å². The molecule has 0 saturated heterocycles. The van der Waals surface area contributed by atoms with Crippen molar-refractivity contribution in [2.45, 2.75) is 44.6 Å². The van der Waals surface area contributed by atoms with Crippen LogP contribution in [0.3, 0.4) is 0 Å². The highest BCUT2D eigenvalue weighted by Gasteiger charge is 2.25. The van der Waals surface area contributed by atoms with Crippen LogP contribution in [0.15, 0.2) is 64.3 Å². The zero-order valence-electron chi connectivity index (χ0n) is 19.9. The van der Waals surface area contributed by atoms with Crippen molar-refractivity contribution < 1.29 is 4.79 Å². The summed E-state index contributed by atoms with van der Waals surface area (Å²) in [4.78, 5) is 27.6. The summed E-state index contributed by atoms with van der Waals surface area (Å²) in [6.07, 6.45) is 3.21. The third kappa shape index (κ3) is 4.63. The van der Waals surface area contributed by atoms with E-state index < -0.39 is 6.04 Å². The van der Waals surface area contributed by atoms with Gasteiger partial charge in [-0.2, -0.15) is 10.2 Å². The zero-order valence-corrected chi connectivity index (χ0v) is 20.7. The van der Waals surface area contributed by atoms with E-state index in [1.54, 1.807) is 16.4 Å². The monoisotopic (exact) mass is 475 g/mol. The molecule has 0 radical (unpaired) electrons. The summed E-state index contributed by atoms with van der Waals surface area (Å²) in [5.41, 5.74) is 3.52. The Morgan fingerprint density at radius 1 is 1.06 bits per heavy atom. The van der Waals surface area contributed by atoms with E-state index in [-0.39, 0.29) is 11.5 Å². The Kier molecular flexibility index (Phi) is 7.17. The second-order valence-electron chi connectivity index (χ2n) is 8.20. The molecule has 7 nitrogen and oxygen atoms in total. The second kappa shape index (κ2) is 10.3. The molecule has 4 aromatic rings. The van der Waals surface area contributed by atoms with Gasteiger partial charge in [0.05, 0.1) is 22.5 Å². The van der Waals surface area contributed by atoms with E-state index in [0.29, 0.717) is 24.2 Å². The van der Waals surface area contributed by atoms with Gasteiger partial charge in [-0.05, 0) is 62.8 Å². The predicted molar refractivity (Wildman–Crippen MR) is 137 cm³/mol. The molecule has 1 N–H and O–H groups in total. The standard InChI is InChI=1S/C26H29N5O2S/c1-5-22(25(32)27-16-15-19-11-13-21(34-4)14-12-19)31-26(33)24-23(17(2)28-31)18(3)30(29-24)20-9-7-6-8-10-20/h6-14,22H,5,15-16H2,1-4H3,(H,27,32)/t22-/m1/s1. The maximum absolute atomic E-state index is 13.4.